The number of carbonyl (C=O) groups is 1. The van der Waals surface area contributed by atoms with Crippen molar-refractivity contribution in [2.24, 2.45) is 5.10 Å². The summed E-state index contributed by atoms with van der Waals surface area (Å²) in [5.74, 6) is -0.686. The summed E-state index contributed by atoms with van der Waals surface area (Å²) in [6.07, 6.45) is 1.52. The van der Waals surface area contributed by atoms with Crippen molar-refractivity contribution >= 4 is 12.1 Å². The first-order valence-electron chi connectivity index (χ1n) is 11.0. The predicted molar refractivity (Wildman–Crippen MR) is 132 cm³/mol. The highest BCUT2D eigenvalue weighted by molar-refractivity contribution is 5.95. The zero-order valence-corrected chi connectivity index (χ0v) is 19.3. The fourth-order valence-electron chi connectivity index (χ4n) is 3.74. The number of hydrogen-bond donors (Lipinski definition) is 1. The number of hydrazone groups is 1. The number of aromatic nitrogens is 1. The van der Waals surface area contributed by atoms with Gasteiger partial charge in [-0.1, -0.05) is 30.3 Å². The number of nitrogens with zero attached hydrogens (tertiary/aromatic N) is 3. The highest BCUT2D eigenvalue weighted by Crippen LogP contribution is 2.22. The van der Waals surface area contributed by atoms with Gasteiger partial charge in [0.15, 0.2) is 0 Å². The molecule has 0 spiro atoms. The van der Waals surface area contributed by atoms with Crippen LogP contribution in [0.3, 0.4) is 0 Å². The molecule has 7 heteroatoms. The topological polar surface area (TPSA) is 79.4 Å². The fourth-order valence-corrected chi connectivity index (χ4v) is 3.74. The van der Waals surface area contributed by atoms with E-state index in [-0.39, 0.29) is 11.1 Å². The fraction of sp³-hybridized carbons (Fsp3) is 0.107. The average Bonchev–Trinajstić information content (AvgIpc) is 3.16. The molecule has 6 nitrogen and oxygen atoms in total. The monoisotopic (exact) mass is 466 g/mol. The summed E-state index contributed by atoms with van der Waals surface area (Å²) in [4.78, 5) is 12.2. The number of ether oxygens (including phenoxy) is 1. The Kier molecular flexibility index (Phi) is 7.03. The zero-order valence-electron chi connectivity index (χ0n) is 19.3. The van der Waals surface area contributed by atoms with E-state index in [9.17, 15) is 9.18 Å². The maximum atomic E-state index is 14.0. The van der Waals surface area contributed by atoms with Crippen molar-refractivity contribution in [1.82, 2.24) is 9.99 Å². The second kappa shape index (κ2) is 10.5. The summed E-state index contributed by atoms with van der Waals surface area (Å²) < 4.78 is 22.0. The Morgan fingerprint density at radius 1 is 1.09 bits per heavy atom. The summed E-state index contributed by atoms with van der Waals surface area (Å²) in [6, 6.07) is 25.2. The zero-order chi connectivity index (χ0) is 24.8. The van der Waals surface area contributed by atoms with Crippen LogP contribution in [0.2, 0.25) is 0 Å². The van der Waals surface area contributed by atoms with Crippen LogP contribution < -0.4 is 10.2 Å². The first-order chi connectivity index (χ1) is 17.0. The lowest BCUT2D eigenvalue weighted by molar-refractivity contribution is 0.0951. The van der Waals surface area contributed by atoms with Crippen molar-refractivity contribution in [2.75, 3.05) is 0 Å². The third kappa shape index (κ3) is 5.45. The van der Waals surface area contributed by atoms with Gasteiger partial charge in [-0.25, -0.2) is 9.82 Å². The van der Waals surface area contributed by atoms with Crippen LogP contribution in [0.15, 0.2) is 84.0 Å². The standard InChI is InChI=1S/C28H23FN4O2/c1-19-14-23(17-31-32-28(34)26-13-8-22(16-30)15-27(26)29)20(2)33(19)24-9-11-25(12-10-24)35-18-21-6-4-3-5-7-21/h3-15,17H,18H2,1-2H3,(H,32,34)/b31-17-. The lowest BCUT2D eigenvalue weighted by Gasteiger charge is -2.11. The number of benzene rings is 3. The number of amides is 1. The molecule has 0 radical (unpaired) electrons. The second-order valence-electron chi connectivity index (χ2n) is 7.94. The van der Waals surface area contributed by atoms with Gasteiger partial charge in [-0.3, -0.25) is 4.79 Å². The molecule has 35 heavy (non-hydrogen) atoms. The molecular formula is C28H23FN4O2. The van der Waals surface area contributed by atoms with E-state index in [0.717, 1.165) is 40.0 Å². The maximum Gasteiger partial charge on any atom is 0.274 e. The van der Waals surface area contributed by atoms with Crippen LogP contribution in [0.1, 0.15) is 38.4 Å². The third-order valence-corrected chi connectivity index (χ3v) is 5.53. The van der Waals surface area contributed by atoms with Gasteiger partial charge in [-0.05, 0) is 67.9 Å². The van der Waals surface area contributed by atoms with E-state index in [1.54, 1.807) is 0 Å². The first-order valence-corrected chi connectivity index (χ1v) is 11.0. The van der Waals surface area contributed by atoms with Crippen LogP contribution in [0.25, 0.3) is 5.69 Å². The normalized spacial score (nSPS) is 10.8. The van der Waals surface area contributed by atoms with Crippen LogP contribution in [-0.2, 0) is 6.61 Å². The van der Waals surface area contributed by atoms with Gasteiger partial charge in [0.1, 0.15) is 18.2 Å². The second-order valence-corrected chi connectivity index (χ2v) is 7.94. The van der Waals surface area contributed by atoms with E-state index in [4.69, 9.17) is 10.00 Å². The minimum absolute atomic E-state index is 0.144. The molecule has 3 aromatic carbocycles. The van der Waals surface area contributed by atoms with Crippen LogP contribution in [-0.4, -0.2) is 16.7 Å². The Bertz CT molecular complexity index is 1420. The molecule has 0 aliphatic carbocycles. The highest BCUT2D eigenvalue weighted by atomic mass is 19.1. The quantitative estimate of drug-likeness (QED) is 0.291. The lowest BCUT2D eigenvalue weighted by atomic mass is 10.1. The number of halogens is 1. The van der Waals surface area contributed by atoms with Gasteiger partial charge < -0.3 is 9.30 Å². The number of nitriles is 1. The summed E-state index contributed by atoms with van der Waals surface area (Å²) >= 11 is 0. The SMILES string of the molecule is Cc1cc(/C=N\NC(=O)c2ccc(C#N)cc2F)c(C)n1-c1ccc(OCc2ccccc2)cc1. The molecule has 0 bridgehead atoms. The van der Waals surface area contributed by atoms with E-state index >= 15 is 0 Å². The number of carbonyl (C=O) groups excluding carboxylic acids is 1. The maximum absolute atomic E-state index is 14.0. The molecule has 4 aromatic rings. The number of nitrogens with one attached hydrogen (secondary N) is 1. The van der Waals surface area contributed by atoms with Crippen molar-refractivity contribution in [3.05, 3.63) is 118 Å². The van der Waals surface area contributed by atoms with E-state index < -0.39 is 11.7 Å². The van der Waals surface area contributed by atoms with E-state index in [0.29, 0.717) is 6.61 Å². The van der Waals surface area contributed by atoms with Gasteiger partial charge in [-0.15, -0.1) is 0 Å². The van der Waals surface area contributed by atoms with Gasteiger partial charge in [0, 0.05) is 22.6 Å². The highest BCUT2D eigenvalue weighted by Gasteiger charge is 2.13. The molecule has 0 fully saturated rings. The summed E-state index contributed by atoms with van der Waals surface area (Å²) in [6.45, 7) is 4.44. The average molecular weight is 467 g/mol. The molecule has 0 saturated carbocycles. The Balaban J connectivity index is 1.43. The molecule has 4 rings (SSSR count). The summed E-state index contributed by atoms with van der Waals surface area (Å²) in [7, 11) is 0. The largest absolute Gasteiger partial charge is 0.489 e. The van der Waals surface area contributed by atoms with Crippen molar-refractivity contribution in [1.29, 1.82) is 5.26 Å². The van der Waals surface area contributed by atoms with Crippen LogP contribution >= 0.6 is 0 Å². The Morgan fingerprint density at radius 2 is 1.83 bits per heavy atom. The smallest absolute Gasteiger partial charge is 0.274 e. The number of aryl methyl sites for hydroxylation is 1. The molecular weight excluding hydrogens is 443 g/mol. The van der Waals surface area contributed by atoms with Gasteiger partial charge in [0.2, 0.25) is 0 Å². The van der Waals surface area contributed by atoms with Crippen LogP contribution in [0.5, 0.6) is 5.75 Å². The molecule has 0 saturated heterocycles. The van der Waals surface area contributed by atoms with Crippen molar-refractivity contribution in [3.8, 4) is 17.5 Å². The minimum atomic E-state index is -0.772. The Morgan fingerprint density at radius 3 is 2.51 bits per heavy atom. The van der Waals surface area contributed by atoms with Crippen molar-refractivity contribution in [3.63, 3.8) is 0 Å². The van der Waals surface area contributed by atoms with Crippen molar-refractivity contribution in [2.45, 2.75) is 20.5 Å². The van der Waals surface area contributed by atoms with Crippen LogP contribution in [0.4, 0.5) is 4.39 Å². The van der Waals surface area contributed by atoms with E-state index in [2.05, 4.69) is 15.1 Å². The van der Waals surface area contributed by atoms with Crippen molar-refractivity contribution < 1.29 is 13.9 Å². The van der Waals surface area contributed by atoms with Gasteiger partial charge in [0.25, 0.3) is 5.91 Å². The molecule has 1 heterocycles. The molecule has 1 N–H and O–H groups in total. The van der Waals surface area contributed by atoms with Gasteiger partial charge in [-0.2, -0.15) is 10.4 Å². The number of rotatable bonds is 7. The summed E-state index contributed by atoms with van der Waals surface area (Å²) in [5, 5.41) is 12.8. The molecule has 0 atom stereocenters. The molecule has 1 aromatic heterocycles. The Labute approximate surface area is 202 Å². The number of hydrogen-bond acceptors (Lipinski definition) is 4. The predicted octanol–water partition coefficient (Wildman–Crippen LogP) is 5.45. The van der Waals surface area contributed by atoms with Crippen LogP contribution in [0, 0.1) is 31.0 Å². The molecule has 0 aliphatic rings. The van der Waals surface area contributed by atoms with Gasteiger partial charge in [0.05, 0.1) is 23.4 Å². The van der Waals surface area contributed by atoms with E-state index in [1.165, 1.54) is 18.3 Å². The third-order valence-electron chi connectivity index (χ3n) is 5.53. The minimum Gasteiger partial charge on any atom is -0.489 e. The van der Waals surface area contributed by atoms with Gasteiger partial charge >= 0.3 is 0 Å². The Hall–Kier alpha value is -4.70. The molecule has 174 valence electrons. The first kappa shape index (κ1) is 23.5. The molecule has 0 unspecified atom stereocenters. The summed E-state index contributed by atoms with van der Waals surface area (Å²) in [5.41, 5.74) is 7.11. The lowest BCUT2D eigenvalue weighted by Crippen LogP contribution is -2.19. The molecule has 0 aliphatic heterocycles. The van der Waals surface area contributed by atoms with E-state index in [1.807, 2.05) is 80.6 Å². The molecule has 1 amide bonds.